The molecule has 0 aromatic heterocycles. The van der Waals surface area contributed by atoms with Crippen LogP contribution in [0.15, 0.2) is 24.3 Å². The summed E-state index contributed by atoms with van der Waals surface area (Å²) in [5, 5.41) is 2.88. The van der Waals surface area contributed by atoms with Crippen molar-refractivity contribution in [2.45, 2.75) is 12.8 Å². The van der Waals surface area contributed by atoms with E-state index in [1.54, 1.807) is 6.07 Å². The summed E-state index contributed by atoms with van der Waals surface area (Å²) < 4.78 is 0. The van der Waals surface area contributed by atoms with Crippen molar-refractivity contribution in [3.8, 4) is 0 Å². The Morgan fingerprint density at radius 3 is 3.00 bits per heavy atom. The Morgan fingerprint density at radius 1 is 1.52 bits per heavy atom. The Balaban J connectivity index is 1.68. The summed E-state index contributed by atoms with van der Waals surface area (Å²) in [7, 11) is 4.26. The molecule has 5 heteroatoms. The smallest absolute Gasteiger partial charge is 0.225 e. The number of nitrogens with zero attached hydrogens (tertiary/aromatic N) is 2. The first-order chi connectivity index (χ1) is 10.0. The number of hydrogen-bond donors (Lipinski definition) is 2. The van der Waals surface area contributed by atoms with Crippen molar-refractivity contribution in [3.63, 3.8) is 0 Å². The van der Waals surface area contributed by atoms with E-state index in [0.717, 1.165) is 24.7 Å². The maximum atomic E-state index is 11.9. The van der Waals surface area contributed by atoms with Crippen LogP contribution in [0.4, 0.5) is 11.4 Å². The fourth-order valence-electron chi connectivity index (χ4n) is 2.84. The lowest BCUT2D eigenvalue weighted by Gasteiger charge is -2.20. The Labute approximate surface area is 127 Å². The van der Waals surface area contributed by atoms with Crippen LogP contribution in [0.5, 0.6) is 0 Å². The van der Waals surface area contributed by atoms with E-state index in [0.29, 0.717) is 12.1 Å². The predicted octanol–water partition coefficient (Wildman–Crippen LogP) is 1.48. The van der Waals surface area contributed by atoms with Crippen LogP contribution in [0.1, 0.15) is 12.8 Å². The van der Waals surface area contributed by atoms with E-state index in [2.05, 4.69) is 29.2 Å². The molecule has 0 spiro atoms. The molecule has 1 fully saturated rings. The van der Waals surface area contributed by atoms with Gasteiger partial charge in [0.15, 0.2) is 0 Å². The van der Waals surface area contributed by atoms with Crippen molar-refractivity contribution in [3.05, 3.63) is 24.3 Å². The SMILES string of the molecule is CN(CCC(=O)Nc1cccc(N)c1)CC1CCN(C)C1. The lowest BCUT2D eigenvalue weighted by Crippen LogP contribution is -2.30. The molecule has 1 unspecified atom stereocenters. The average Bonchev–Trinajstić information content (AvgIpc) is 2.82. The summed E-state index contributed by atoms with van der Waals surface area (Å²) in [6.07, 6.45) is 1.77. The molecule has 5 nitrogen and oxygen atoms in total. The van der Waals surface area contributed by atoms with Crippen molar-refractivity contribution in [1.82, 2.24) is 9.80 Å². The molecule has 1 aliphatic rings. The van der Waals surface area contributed by atoms with Crippen LogP contribution in [0.2, 0.25) is 0 Å². The molecular formula is C16H26N4O. The quantitative estimate of drug-likeness (QED) is 0.779. The maximum Gasteiger partial charge on any atom is 0.225 e. The average molecular weight is 290 g/mol. The third-order valence-electron chi connectivity index (χ3n) is 3.95. The van der Waals surface area contributed by atoms with E-state index in [-0.39, 0.29) is 5.91 Å². The van der Waals surface area contributed by atoms with Crippen LogP contribution in [0, 0.1) is 5.92 Å². The number of anilines is 2. The fraction of sp³-hybridized carbons (Fsp3) is 0.562. The molecule has 0 saturated carbocycles. The molecule has 1 saturated heterocycles. The first kappa shape index (κ1) is 15.8. The van der Waals surface area contributed by atoms with Gasteiger partial charge in [0.1, 0.15) is 0 Å². The second-order valence-corrected chi connectivity index (χ2v) is 6.10. The number of amides is 1. The van der Waals surface area contributed by atoms with E-state index in [9.17, 15) is 4.79 Å². The first-order valence-electron chi connectivity index (χ1n) is 7.55. The van der Waals surface area contributed by atoms with Crippen LogP contribution in [-0.4, -0.2) is 56.0 Å². The van der Waals surface area contributed by atoms with Crippen LogP contribution in [0.25, 0.3) is 0 Å². The zero-order valence-electron chi connectivity index (χ0n) is 13.0. The Kier molecular flexibility index (Phi) is 5.59. The van der Waals surface area contributed by atoms with Gasteiger partial charge in [-0.2, -0.15) is 0 Å². The van der Waals surface area contributed by atoms with E-state index >= 15 is 0 Å². The minimum Gasteiger partial charge on any atom is -0.399 e. The van der Waals surface area contributed by atoms with Crippen molar-refractivity contribution in [2.75, 3.05) is 51.3 Å². The Bertz CT molecular complexity index is 477. The van der Waals surface area contributed by atoms with Gasteiger partial charge in [0.25, 0.3) is 0 Å². The molecule has 0 radical (unpaired) electrons. The number of nitrogens with one attached hydrogen (secondary N) is 1. The Hall–Kier alpha value is -1.59. The van der Waals surface area contributed by atoms with Gasteiger partial charge < -0.3 is 20.9 Å². The van der Waals surface area contributed by atoms with Gasteiger partial charge in [-0.05, 0) is 51.2 Å². The molecule has 116 valence electrons. The van der Waals surface area contributed by atoms with Gasteiger partial charge in [-0.3, -0.25) is 4.79 Å². The summed E-state index contributed by atoms with van der Waals surface area (Å²) in [5.41, 5.74) is 7.12. The standard InChI is InChI=1S/C16H26N4O/c1-19-8-6-13(11-19)12-20(2)9-7-16(21)18-15-5-3-4-14(17)10-15/h3-5,10,13H,6-9,11-12,17H2,1-2H3,(H,18,21). The van der Waals surface area contributed by atoms with E-state index in [1.165, 1.54) is 19.5 Å². The van der Waals surface area contributed by atoms with E-state index in [1.807, 2.05) is 18.2 Å². The number of nitrogen functional groups attached to an aromatic ring is 1. The summed E-state index contributed by atoms with van der Waals surface area (Å²) in [6, 6.07) is 7.28. The van der Waals surface area contributed by atoms with Gasteiger partial charge in [-0.25, -0.2) is 0 Å². The highest BCUT2D eigenvalue weighted by Gasteiger charge is 2.20. The summed E-state index contributed by atoms with van der Waals surface area (Å²) in [4.78, 5) is 16.5. The van der Waals surface area contributed by atoms with Crippen molar-refractivity contribution >= 4 is 17.3 Å². The Morgan fingerprint density at radius 2 is 2.33 bits per heavy atom. The highest BCUT2D eigenvalue weighted by atomic mass is 16.1. The third-order valence-corrected chi connectivity index (χ3v) is 3.95. The van der Waals surface area contributed by atoms with Crippen LogP contribution in [0.3, 0.4) is 0 Å². The molecule has 3 N–H and O–H groups in total. The monoisotopic (exact) mass is 290 g/mol. The minimum atomic E-state index is 0.0380. The highest BCUT2D eigenvalue weighted by Crippen LogP contribution is 2.15. The zero-order chi connectivity index (χ0) is 15.2. The lowest BCUT2D eigenvalue weighted by molar-refractivity contribution is -0.116. The normalized spacial score (nSPS) is 19.1. The summed E-state index contributed by atoms with van der Waals surface area (Å²) >= 11 is 0. The minimum absolute atomic E-state index is 0.0380. The molecular weight excluding hydrogens is 264 g/mol. The second kappa shape index (κ2) is 7.43. The molecule has 1 aromatic carbocycles. The summed E-state index contributed by atoms with van der Waals surface area (Å²) in [6.45, 7) is 4.21. The molecule has 21 heavy (non-hydrogen) atoms. The topological polar surface area (TPSA) is 61.6 Å². The molecule has 1 amide bonds. The third kappa shape index (κ3) is 5.36. The van der Waals surface area contributed by atoms with Gasteiger partial charge in [0.2, 0.25) is 5.91 Å². The number of rotatable bonds is 6. The number of benzene rings is 1. The van der Waals surface area contributed by atoms with Crippen LogP contribution in [-0.2, 0) is 4.79 Å². The number of carbonyl (C=O) groups is 1. The van der Waals surface area contributed by atoms with Crippen molar-refractivity contribution in [2.24, 2.45) is 5.92 Å². The largest absolute Gasteiger partial charge is 0.399 e. The molecule has 2 rings (SSSR count). The number of likely N-dealkylation sites (tertiary alicyclic amines) is 1. The molecule has 1 aromatic rings. The van der Waals surface area contributed by atoms with Crippen LogP contribution < -0.4 is 11.1 Å². The second-order valence-electron chi connectivity index (χ2n) is 6.10. The number of carbonyl (C=O) groups excluding carboxylic acids is 1. The maximum absolute atomic E-state index is 11.9. The van der Waals surface area contributed by atoms with Gasteiger partial charge in [0.05, 0.1) is 0 Å². The molecule has 1 aliphatic heterocycles. The fourth-order valence-corrected chi connectivity index (χ4v) is 2.84. The number of nitrogens with two attached hydrogens (primary N) is 1. The molecule has 1 atom stereocenters. The predicted molar refractivity (Wildman–Crippen MR) is 87.2 cm³/mol. The lowest BCUT2D eigenvalue weighted by atomic mass is 10.1. The summed E-state index contributed by atoms with van der Waals surface area (Å²) in [5.74, 6) is 0.771. The molecule has 0 aliphatic carbocycles. The van der Waals surface area contributed by atoms with Gasteiger partial charge in [0, 0.05) is 37.4 Å². The number of hydrogen-bond acceptors (Lipinski definition) is 4. The van der Waals surface area contributed by atoms with Gasteiger partial charge >= 0.3 is 0 Å². The van der Waals surface area contributed by atoms with Gasteiger partial charge in [-0.15, -0.1) is 0 Å². The highest BCUT2D eigenvalue weighted by molar-refractivity contribution is 5.91. The van der Waals surface area contributed by atoms with Crippen molar-refractivity contribution in [1.29, 1.82) is 0 Å². The van der Waals surface area contributed by atoms with Gasteiger partial charge in [-0.1, -0.05) is 6.07 Å². The molecule has 1 heterocycles. The first-order valence-corrected chi connectivity index (χ1v) is 7.55. The van der Waals surface area contributed by atoms with E-state index in [4.69, 9.17) is 5.73 Å². The van der Waals surface area contributed by atoms with E-state index < -0.39 is 0 Å². The zero-order valence-corrected chi connectivity index (χ0v) is 13.0. The van der Waals surface area contributed by atoms with Crippen LogP contribution >= 0.6 is 0 Å². The molecule has 0 bridgehead atoms. The van der Waals surface area contributed by atoms with Crippen molar-refractivity contribution < 1.29 is 4.79 Å².